The van der Waals surface area contributed by atoms with Crippen LogP contribution in [0.25, 0.3) is 0 Å². The molecule has 2 aliphatic rings. The Morgan fingerprint density at radius 1 is 1.33 bits per heavy atom. The number of allylic oxidation sites excluding steroid dienone is 1. The molecule has 0 radical (unpaired) electrons. The largest absolute Gasteiger partial charge is 0.396 e. The first-order chi connectivity index (χ1) is 8.86. The summed E-state index contributed by atoms with van der Waals surface area (Å²) < 4.78 is 0. The molecule has 0 spiro atoms. The summed E-state index contributed by atoms with van der Waals surface area (Å²) in [6, 6.07) is 9.24. The van der Waals surface area contributed by atoms with Crippen molar-refractivity contribution in [2.24, 2.45) is 11.8 Å². The van der Waals surface area contributed by atoms with E-state index in [2.05, 4.69) is 41.7 Å². The van der Waals surface area contributed by atoms with Gasteiger partial charge in [0.25, 0.3) is 0 Å². The van der Waals surface area contributed by atoms with Gasteiger partial charge in [-0.3, -0.25) is 0 Å². The molecule has 3 rings (SSSR count). The van der Waals surface area contributed by atoms with Crippen LogP contribution >= 0.6 is 0 Å². The van der Waals surface area contributed by atoms with E-state index in [1.807, 2.05) is 0 Å². The number of benzene rings is 1. The summed E-state index contributed by atoms with van der Waals surface area (Å²) in [4.78, 5) is 0. The Labute approximate surface area is 109 Å². The smallest absolute Gasteiger partial charge is 0.0434 e. The maximum atomic E-state index is 8.87. The molecular weight excluding hydrogens is 222 g/mol. The molecule has 0 aliphatic heterocycles. The molecular formula is C16H21NO. The fraction of sp³-hybridized carbons (Fsp3) is 0.500. The molecule has 1 aromatic carbocycles. The number of hydrogen-bond donors (Lipinski definition) is 2. The van der Waals surface area contributed by atoms with Crippen LogP contribution < -0.4 is 5.32 Å². The van der Waals surface area contributed by atoms with Gasteiger partial charge in [-0.25, -0.2) is 0 Å². The van der Waals surface area contributed by atoms with E-state index in [9.17, 15) is 0 Å². The zero-order valence-corrected chi connectivity index (χ0v) is 10.7. The van der Waals surface area contributed by atoms with Gasteiger partial charge in [-0.2, -0.15) is 0 Å². The van der Waals surface area contributed by atoms with E-state index in [-0.39, 0.29) is 6.61 Å². The zero-order valence-electron chi connectivity index (χ0n) is 10.7. The summed E-state index contributed by atoms with van der Waals surface area (Å²) in [6.45, 7) is 0.273. The van der Waals surface area contributed by atoms with Crippen molar-refractivity contribution in [1.29, 1.82) is 0 Å². The lowest BCUT2D eigenvalue weighted by Crippen LogP contribution is -2.43. The van der Waals surface area contributed by atoms with Crippen molar-refractivity contribution in [3.8, 4) is 0 Å². The van der Waals surface area contributed by atoms with Gasteiger partial charge in [0.15, 0.2) is 0 Å². The van der Waals surface area contributed by atoms with Gasteiger partial charge >= 0.3 is 0 Å². The van der Waals surface area contributed by atoms with Gasteiger partial charge in [0, 0.05) is 24.3 Å². The van der Waals surface area contributed by atoms with Crippen LogP contribution in [0.15, 0.2) is 36.4 Å². The van der Waals surface area contributed by atoms with E-state index in [4.69, 9.17) is 5.11 Å². The second kappa shape index (κ2) is 5.15. The molecule has 1 saturated carbocycles. The van der Waals surface area contributed by atoms with E-state index in [0.717, 1.165) is 24.7 Å². The van der Waals surface area contributed by atoms with E-state index in [0.29, 0.717) is 6.04 Å². The first kappa shape index (κ1) is 11.8. The number of anilines is 1. The average molecular weight is 243 g/mol. The molecule has 3 unspecified atom stereocenters. The normalized spacial score (nSPS) is 28.8. The summed E-state index contributed by atoms with van der Waals surface area (Å²) in [6.07, 6.45) is 9.09. The third-order valence-corrected chi connectivity index (χ3v) is 4.27. The quantitative estimate of drug-likeness (QED) is 0.779. The summed E-state index contributed by atoms with van der Waals surface area (Å²) >= 11 is 0. The molecule has 0 heterocycles. The molecule has 1 aromatic rings. The monoisotopic (exact) mass is 243 g/mol. The SMILES string of the molecule is OCCCc1cccc(NC2CC3CC=CC32)c1. The predicted octanol–water partition coefficient (Wildman–Crippen LogP) is 2.99. The highest BCUT2D eigenvalue weighted by Gasteiger charge is 2.40. The highest BCUT2D eigenvalue weighted by Crippen LogP contribution is 2.44. The maximum Gasteiger partial charge on any atom is 0.0434 e. The van der Waals surface area contributed by atoms with Crippen molar-refractivity contribution in [3.05, 3.63) is 42.0 Å². The summed E-state index contributed by atoms with van der Waals surface area (Å²) in [7, 11) is 0. The Bertz CT molecular complexity index is 440. The molecule has 0 saturated heterocycles. The van der Waals surface area contributed by atoms with Gasteiger partial charge in [0.1, 0.15) is 0 Å². The van der Waals surface area contributed by atoms with Crippen molar-refractivity contribution in [2.75, 3.05) is 11.9 Å². The van der Waals surface area contributed by atoms with Crippen LogP contribution in [0, 0.1) is 11.8 Å². The first-order valence-corrected chi connectivity index (χ1v) is 7.00. The standard InChI is InChI=1S/C16H21NO/c18-9-3-5-12-4-1-7-14(10-12)17-16-11-13-6-2-8-15(13)16/h1-2,4,7-8,10,13,15-18H,3,5-6,9,11H2. The van der Waals surface area contributed by atoms with Gasteiger partial charge in [0.05, 0.1) is 0 Å². The summed E-state index contributed by atoms with van der Waals surface area (Å²) in [5, 5.41) is 12.5. The number of aliphatic hydroxyl groups is 1. The van der Waals surface area contributed by atoms with E-state index in [1.54, 1.807) is 0 Å². The van der Waals surface area contributed by atoms with Crippen LogP contribution in [-0.2, 0) is 6.42 Å². The Morgan fingerprint density at radius 2 is 2.28 bits per heavy atom. The fourth-order valence-corrected chi connectivity index (χ4v) is 3.20. The van der Waals surface area contributed by atoms with Gasteiger partial charge in [-0.05, 0) is 49.3 Å². The number of fused-ring (bicyclic) bond motifs is 1. The van der Waals surface area contributed by atoms with E-state index in [1.165, 1.54) is 24.1 Å². The minimum Gasteiger partial charge on any atom is -0.396 e. The maximum absolute atomic E-state index is 8.87. The molecule has 96 valence electrons. The Kier molecular flexibility index (Phi) is 3.37. The fourth-order valence-electron chi connectivity index (χ4n) is 3.20. The lowest BCUT2D eigenvalue weighted by Gasteiger charge is -2.41. The van der Waals surface area contributed by atoms with Crippen LogP contribution in [0.3, 0.4) is 0 Å². The number of nitrogens with one attached hydrogen (secondary N) is 1. The lowest BCUT2D eigenvalue weighted by atomic mass is 9.71. The van der Waals surface area contributed by atoms with Crippen LogP contribution in [0.1, 0.15) is 24.8 Å². The van der Waals surface area contributed by atoms with Crippen LogP contribution in [0.5, 0.6) is 0 Å². The molecule has 0 bridgehead atoms. The highest BCUT2D eigenvalue weighted by molar-refractivity contribution is 5.47. The number of aryl methyl sites for hydroxylation is 1. The molecule has 1 fully saturated rings. The summed E-state index contributed by atoms with van der Waals surface area (Å²) in [5.74, 6) is 1.66. The predicted molar refractivity (Wildman–Crippen MR) is 74.6 cm³/mol. The number of hydrogen-bond acceptors (Lipinski definition) is 2. The molecule has 2 heteroatoms. The summed E-state index contributed by atoms with van der Waals surface area (Å²) in [5.41, 5.74) is 2.54. The molecule has 18 heavy (non-hydrogen) atoms. The van der Waals surface area contributed by atoms with E-state index >= 15 is 0 Å². The minimum atomic E-state index is 0.273. The molecule has 2 aliphatic carbocycles. The van der Waals surface area contributed by atoms with E-state index < -0.39 is 0 Å². The third kappa shape index (κ3) is 2.30. The van der Waals surface area contributed by atoms with Crippen molar-refractivity contribution in [1.82, 2.24) is 0 Å². The van der Waals surface area contributed by atoms with Crippen molar-refractivity contribution in [2.45, 2.75) is 31.7 Å². The van der Waals surface area contributed by atoms with Crippen LogP contribution in [0.4, 0.5) is 5.69 Å². The highest BCUT2D eigenvalue weighted by atomic mass is 16.2. The Balaban J connectivity index is 1.60. The molecule has 3 atom stereocenters. The number of rotatable bonds is 5. The van der Waals surface area contributed by atoms with Crippen molar-refractivity contribution >= 4 is 5.69 Å². The number of aliphatic hydroxyl groups excluding tert-OH is 1. The first-order valence-electron chi connectivity index (χ1n) is 7.00. The van der Waals surface area contributed by atoms with Gasteiger partial charge in [-0.1, -0.05) is 24.3 Å². The van der Waals surface area contributed by atoms with Crippen molar-refractivity contribution < 1.29 is 5.11 Å². The Morgan fingerprint density at radius 3 is 3.11 bits per heavy atom. The molecule has 2 nitrogen and oxygen atoms in total. The topological polar surface area (TPSA) is 32.3 Å². The Hall–Kier alpha value is -1.28. The van der Waals surface area contributed by atoms with Crippen LogP contribution in [0.2, 0.25) is 0 Å². The minimum absolute atomic E-state index is 0.273. The van der Waals surface area contributed by atoms with Gasteiger partial charge < -0.3 is 10.4 Å². The molecule has 0 aromatic heterocycles. The second-order valence-corrected chi connectivity index (χ2v) is 5.52. The van der Waals surface area contributed by atoms with Gasteiger partial charge in [0.2, 0.25) is 0 Å². The third-order valence-electron chi connectivity index (χ3n) is 4.27. The molecule has 2 N–H and O–H groups in total. The zero-order chi connectivity index (χ0) is 12.4. The average Bonchev–Trinajstić information content (AvgIpc) is 2.75. The van der Waals surface area contributed by atoms with Crippen LogP contribution in [-0.4, -0.2) is 17.8 Å². The lowest BCUT2D eigenvalue weighted by molar-refractivity contribution is 0.218. The molecule has 0 amide bonds. The second-order valence-electron chi connectivity index (χ2n) is 5.52. The van der Waals surface area contributed by atoms with Gasteiger partial charge in [-0.15, -0.1) is 0 Å². The van der Waals surface area contributed by atoms with Crippen molar-refractivity contribution in [3.63, 3.8) is 0 Å².